The topological polar surface area (TPSA) is 41.3 Å². The lowest BCUT2D eigenvalue weighted by Crippen LogP contribution is -2.28. The van der Waals surface area contributed by atoms with Gasteiger partial charge in [-0.3, -0.25) is 9.58 Å². The summed E-state index contributed by atoms with van der Waals surface area (Å²) in [6.07, 6.45) is 4.39. The minimum Gasteiger partial charge on any atom is -0.395 e. The van der Waals surface area contributed by atoms with Gasteiger partial charge < -0.3 is 5.11 Å². The van der Waals surface area contributed by atoms with Gasteiger partial charge in [0.15, 0.2) is 0 Å². The zero-order chi connectivity index (χ0) is 12.0. The summed E-state index contributed by atoms with van der Waals surface area (Å²) in [5.74, 6) is 0. The molecule has 0 aliphatic heterocycles. The zero-order valence-corrected chi connectivity index (χ0v) is 10.6. The Hall–Kier alpha value is -0.870. The number of aromatic nitrogens is 2. The van der Waals surface area contributed by atoms with Crippen LogP contribution in [0.2, 0.25) is 0 Å². The Balaban J connectivity index is 2.56. The minimum absolute atomic E-state index is 0.218. The lowest BCUT2D eigenvalue weighted by Gasteiger charge is -2.20. The molecule has 1 aromatic rings. The Morgan fingerprint density at radius 1 is 1.44 bits per heavy atom. The van der Waals surface area contributed by atoms with Crippen LogP contribution in [-0.4, -0.2) is 39.5 Å². The van der Waals surface area contributed by atoms with Crippen LogP contribution in [0.5, 0.6) is 0 Å². The van der Waals surface area contributed by atoms with Crippen LogP contribution in [0.1, 0.15) is 31.0 Å². The molecule has 4 heteroatoms. The van der Waals surface area contributed by atoms with Gasteiger partial charge in [0.2, 0.25) is 0 Å². The van der Waals surface area contributed by atoms with E-state index in [1.807, 2.05) is 17.9 Å². The monoisotopic (exact) mass is 225 g/mol. The van der Waals surface area contributed by atoms with Gasteiger partial charge in [0.05, 0.1) is 12.3 Å². The molecule has 0 aromatic carbocycles. The van der Waals surface area contributed by atoms with Crippen molar-refractivity contribution in [1.29, 1.82) is 0 Å². The summed E-state index contributed by atoms with van der Waals surface area (Å²) in [6, 6.07) is 0. The van der Waals surface area contributed by atoms with Gasteiger partial charge in [-0.05, 0) is 25.5 Å². The van der Waals surface area contributed by atoms with Gasteiger partial charge in [-0.1, -0.05) is 13.3 Å². The van der Waals surface area contributed by atoms with Crippen molar-refractivity contribution >= 4 is 0 Å². The predicted octanol–water partition coefficient (Wildman–Crippen LogP) is 1.32. The van der Waals surface area contributed by atoms with Gasteiger partial charge in [0.25, 0.3) is 0 Å². The molecule has 92 valence electrons. The molecule has 0 amide bonds. The molecule has 0 radical (unpaired) electrons. The molecule has 0 saturated heterocycles. The van der Waals surface area contributed by atoms with Gasteiger partial charge in [0.1, 0.15) is 0 Å². The molecule has 0 atom stereocenters. The van der Waals surface area contributed by atoms with Crippen LogP contribution in [0, 0.1) is 6.92 Å². The summed E-state index contributed by atoms with van der Waals surface area (Å²) < 4.78 is 1.85. The molecule has 0 aliphatic carbocycles. The molecule has 1 heterocycles. The largest absolute Gasteiger partial charge is 0.395 e. The highest BCUT2D eigenvalue weighted by Gasteiger charge is 2.09. The molecular weight excluding hydrogens is 202 g/mol. The van der Waals surface area contributed by atoms with E-state index in [2.05, 4.69) is 23.8 Å². The van der Waals surface area contributed by atoms with Crippen molar-refractivity contribution in [2.24, 2.45) is 7.05 Å². The molecule has 0 aliphatic rings. The highest BCUT2D eigenvalue weighted by Crippen LogP contribution is 2.08. The molecule has 4 nitrogen and oxygen atoms in total. The van der Waals surface area contributed by atoms with Crippen molar-refractivity contribution in [2.45, 2.75) is 33.2 Å². The quantitative estimate of drug-likeness (QED) is 0.761. The maximum atomic E-state index is 9.02. The van der Waals surface area contributed by atoms with Crippen molar-refractivity contribution in [1.82, 2.24) is 14.7 Å². The maximum Gasteiger partial charge on any atom is 0.0793 e. The SMILES string of the molecule is CCCCN(CCO)Cc1nn(C)cc1C. The molecule has 0 fully saturated rings. The summed E-state index contributed by atoms with van der Waals surface area (Å²) in [5.41, 5.74) is 2.34. The van der Waals surface area contributed by atoms with Crippen LogP contribution < -0.4 is 0 Å². The van der Waals surface area contributed by atoms with Crippen molar-refractivity contribution in [3.05, 3.63) is 17.5 Å². The average molecular weight is 225 g/mol. The fraction of sp³-hybridized carbons (Fsp3) is 0.750. The molecule has 0 unspecified atom stereocenters. The molecule has 0 bridgehead atoms. The second kappa shape index (κ2) is 6.66. The lowest BCUT2D eigenvalue weighted by molar-refractivity contribution is 0.186. The zero-order valence-electron chi connectivity index (χ0n) is 10.6. The van der Waals surface area contributed by atoms with Gasteiger partial charge in [-0.15, -0.1) is 0 Å². The first-order valence-electron chi connectivity index (χ1n) is 5.99. The summed E-state index contributed by atoms with van der Waals surface area (Å²) in [7, 11) is 1.94. The number of unbranched alkanes of at least 4 members (excludes halogenated alkanes) is 1. The van der Waals surface area contributed by atoms with E-state index in [0.717, 1.165) is 25.3 Å². The van der Waals surface area contributed by atoms with E-state index in [-0.39, 0.29) is 6.61 Å². The van der Waals surface area contributed by atoms with E-state index in [0.29, 0.717) is 0 Å². The smallest absolute Gasteiger partial charge is 0.0793 e. The van der Waals surface area contributed by atoms with Crippen LogP contribution in [0.25, 0.3) is 0 Å². The molecule has 1 rings (SSSR count). The Bertz CT molecular complexity index is 309. The van der Waals surface area contributed by atoms with Gasteiger partial charge in [-0.2, -0.15) is 5.10 Å². The third-order valence-corrected chi connectivity index (χ3v) is 2.73. The highest BCUT2D eigenvalue weighted by atomic mass is 16.3. The number of nitrogens with zero attached hydrogens (tertiary/aromatic N) is 3. The van der Waals surface area contributed by atoms with Crippen molar-refractivity contribution in [2.75, 3.05) is 19.7 Å². The summed E-state index contributed by atoms with van der Waals surface area (Å²) in [5, 5.41) is 13.5. The number of aliphatic hydroxyl groups is 1. The normalized spacial score (nSPS) is 11.3. The van der Waals surface area contributed by atoms with Crippen LogP contribution in [0.15, 0.2) is 6.20 Å². The van der Waals surface area contributed by atoms with Crippen molar-refractivity contribution in [3.63, 3.8) is 0 Å². The van der Waals surface area contributed by atoms with Crippen LogP contribution in [-0.2, 0) is 13.6 Å². The average Bonchev–Trinajstić information content (AvgIpc) is 2.54. The minimum atomic E-state index is 0.218. The Kier molecular flexibility index (Phi) is 5.49. The fourth-order valence-corrected chi connectivity index (χ4v) is 1.81. The van der Waals surface area contributed by atoms with E-state index >= 15 is 0 Å². The molecule has 16 heavy (non-hydrogen) atoms. The van der Waals surface area contributed by atoms with Crippen molar-refractivity contribution in [3.8, 4) is 0 Å². The number of aryl methyl sites for hydroxylation is 2. The number of hydrogen-bond donors (Lipinski definition) is 1. The third-order valence-electron chi connectivity index (χ3n) is 2.73. The molecule has 0 spiro atoms. The van der Waals surface area contributed by atoms with Crippen molar-refractivity contribution < 1.29 is 5.11 Å². The fourth-order valence-electron chi connectivity index (χ4n) is 1.81. The Morgan fingerprint density at radius 2 is 2.19 bits per heavy atom. The summed E-state index contributed by atoms with van der Waals surface area (Å²) in [6.45, 7) is 7.09. The first-order valence-corrected chi connectivity index (χ1v) is 5.99. The lowest BCUT2D eigenvalue weighted by atomic mass is 10.2. The molecule has 1 aromatic heterocycles. The maximum absolute atomic E-state index is 9.02. The van der Waals surface area contributed by atoms with Crippen LogP contribution in [0.3, 0.4) is 0 Å². The second-order valence-corrected chi connectivity index (χ2v) is 4.29. The molecule has 0 saturated carbocycles. The van der Waals surface area contributed by atoms with Gasteiger partial charge >= 0.3 is 0 Å². The standard InChI is InChI=1S/C12H23N3O/c1-4-5-6-15(7-8-16)10-12-11(2)9-14(3)13-12/h9,16H,4-8,10H2,1-3H3. The van der Waals surface area contributed by atoms with E-state index in [4.69, 9.17) is 5.11 Å². The first kappa shape index (κ1) is 13.2. The third kappa shape index (κ3) is 3.94. The van der Waals surface area contributed by atoms with Crippen LogP contribution >= 0.6 is 0 Å². The summed E-state index contributed by atoms with van der Waals surface area (Å²) in [4.78, 5) is 2.26. The second-order valence-electron chi connectivity index (χ2n) is 4.29. The Labute approximate surface area is 97.9 Å². The summed E-state index contributed by atoms with van der Waals surface area (Å²) >= 11 is 0. The van der Waals surface area contributed by atoms with E-state index in [1.54, 1.807) is 0 Å². The van der Waals surface area contributed by atoms with Crippen LogP contribution in [0.4, 0.5) is 0 Å². The highest BCUT2D eigenvalue weighted by molar-refractivity contribution is 5.14. The van der Waals surface area contributed by atoms with E-state index in [1.165, 1.54) is 18.4 Å². The predicted molar refractivity (Wildman–Crippen MR) is 65.2 cm³/mol. The van der Waals surface area contributed by atoms with E-state index < -0.39 is 0 Å². The van der Waals surface area contributed by atoms with Gasteiger partial charge in [-0.25, -0.2) is 0 Å². The van der Waals surface area contributed by atoms with Gasteiger partial charge in [0, 0.05) is 26.3 Å². The number of hydrogen-bond acceptors (Lipinski definition) is 3. The Morgan fingerprint density at radius 3 is 2.69 bits per heavy atom. The number of rotatable bonds is 7. The first-order chi connectivity index (χ1) is 7.67. The number of aliphatic hydroxyl groups excluding tert-OH is 1. The molecular formula is C12H23N3O. The van der Waals surface area contributed by atoms with E-state index in [9.17, 15) is 0 Å². The molecule has 1 N–H and O–H groups in total.